The molecule has 0 amide bonds. The predicted molar refractivity (Wildman–Crippen MR) is 43.7 cm³/mol. The van der Waals surface area contributed by atoms with E-state index in [2.05, 4.69) is 15.0 Å². The third-order valence-corrected chi connectivity index (χ3v) is 1.74. The molecular formula is C8H7N3O. The molecule has 0 aliphatic heterocycles. The summed E-state index contributed by atoms with van der Waals surface area (Å²) in [6.45, 7) is 0. The van der Waals surface area contributed by atoms with E-state index in [1.807, 2.05) is 0 Å². The molecule has 2 aromatic heterocycles. The highest BCUT2D eigenvalue weighted by Crippen LogP contribution is 2.13. The van der Waals surface area contributed by atoms with Gasteiger partial charge in [0.25, 0.3) is 0 Å². The lowest BCUT2D eigenvalue weighted by molar-refractivity contribution is -0.107. The van der Waals surface area contributed by atoms with E-state index in [0.29, 0.717) is 6.42 Å². The quantitative estimate of drug-likeness (QED) is 0.659. The third kappa shape index (κ3) is 0.972. The molecule has 0 aliphatic rings. The van der Waals surface area contributed by atoms with Crippen LogP contribution >= 0.6 is 0 Å². The van der Waals surface area contributed by atoms with Crippen LogP contribution in [-0.2, 0) is 11.2 Å². The summed E-state index contributed by atoms with van der Waals surface area (Å²) in [6.07, 6.45) is 6.25. The summed E-state index contributed by atoms with van der Waals surface area (Å²) in [4.78, 5) is 21.1. The monoisotopic (exact) mass is 161 g/mol. The highest BCUT2D eigenvalue weighted by atomic mass is 16.1. The van der Waals surface area contributed by atoms with Crippen LogP contribution in [0, 0.1) is 0 Å². The van der Waals surface area contributed by atoms with Crippen molar-refractivity contribution in [3.05, 3.63) is 24.3 Å². The average Bonchev–Trinajstić information content (AvgIpc) is 2.50. The fraction of sp³-hybridized carbons (Fsp3) is 0.125. The summed E-state index contributed by atoms with van der Waals surface area (Å²) in [5.41, 5.74) is 1.72. The minimum absolute atomic E-state index is 0.410. The van der Waals surface area contributed by atoms with Crippen molar-refractivity contribution in [3.8, 4) is 0 Å². The van der Waals surface area contributed by atoms with Gasteiger partial charge in [-0.15, -0.1) is 0 Å². The lowest BCUT2D eigenvalue weighted by atomic mass is 10.2. The van der Waals surface area contributed by atoms with Gasteiger partial charge in [-0.3, -0.25) is 0 Å². The van der Waals surface area contributed by atoms with E-state index in [-0.39, 0.29) is 0 Å². The van der Waals surface area contributed by atoms with Crippen LogP contribution in [0.1, 0.15) is 5.56 Å². The van der Waals surface area contributed by atoms with Crippen molar-refractivity contribution in [3.63, 3.8) is 0 Å². The molecule has 1 N–H and O–H groups in total. The predicted octanol–water partition coefficient (Wildman–Crippen LogP) is 0.699. The first-order chi connectivity index (χ1) is 5.92. The van der Waals surface area contributed by atoms with E-state index >= 15 is 0 Å². The summed E-state index contributed by atoms with van der Waals surface area (Å²) in [6, 6.07) is 0. The SMILES string of the molecule is O=CCc1c[nH]c2ncncc12. The Hall–Kier alpha value is -1.71. The number of carbonyl (C=O) groups is 1. The first kappa shape index (κ1) is 6.97. The fourth-order valence-electron chi connectivity index (χ4n) is 1.17. The Balaban J connectivity index is 2.62. The molecule has 0 spiro atoms. The number of aromatic amines is 1. The molecule has 0 unspecified atom stereocenters. The fourth-order valence-corrected chi connectivity index (χ4v) is 1.17. The summed E-state index contributed by atoms with van der Waals surface area (Å²) in [5, 5.41) is 0.921. The molecule has 4 nitrogen and oxygen atoms in total. The molecule has 2 heterocycles. The third-order valence-electron chi connectivity index (χ3n) is 1.74. The Kier molecular flexibility index (Phi) is 1.59. The van der Waals surface area contributed by atoms with Gasteiger partial charge in [-0.1, -0.05) is 0 Å². The highest BCUT2D eigenvalue weighted by molar-refractivity contribution is 5.80. The molecule has 0 fully saturated rings. The number of nitrogens with one attached hydrogen (secondary N) is 1. The van der Waals surface area contributed by atoms with Crippen LogP contribution in [0.3, 0.4) is 0 Å². The van der Waals surface area contributed by atoms with E-state index in [1.165, 1.54) is 6.33 Å². The molecular weight excluding hydrogens is 154 g/mol. The molecule has 2 aromatic rings. The van der Waals surface area contributed by atoms with E-state index in [0.717, 1.165) is 22.9 Å². The van der Waals surface area contributed by atoms with Crippen molar-refractivity contribution < 1.29 is 4.79 Å². The van der Waals surface area contributed by atoms with Gasteiger partial charge in [-0.05, 0) is 5.56 Å². The number of hydrogen-bond acceptors (Lipinski definition) is 3. The lowest BCUT2D eigenvalue weighted by Gasteiger charge is -1.88. The second kappa shape index (κ2) is 2.73. The molecule has 60 valence electrons. The largest absolute Gasteiger partial charge is 0.346 e. The van der Waals surface area contributed by atoms with Crippen molar-refractivity contribution in [2.24, 2.45) is 0 Å². The van der Waals surface area contributed by atoms with Gasteiger partial charge in [0.1, 0.15) is 18.3 Å². The number of rotatable bonds is 2. The zero-order valence-electron chi connectivity index (χ0n) is 6.32. The molecule has 4 heteroatoms. The Morgan fingerprint density at radius 3 is 3.33 bits per heavy atom. The average molecular weight is 161 g/mol. The van der Waals surface area contributed by atoms with Gasteiger partial charge in [0.2, 0.25) is 0 Å². The molecule has 12 heavy (non-hydrogen) atoms. The molecule has 0 aliphatic carbocycles. The van der Waals surface area contributed by atoms with Crippen molar-refractivity contribution in [2.45, 2.75) is 6.42 Å². The maximum Gasteiger partial charge on any atom is 0.140 e. The smallest absolute Gasteiger partial charge is 0.140 e. The second-order valence-electron chi connectivity index (χ2n) is 2.47. The minimum atomic E-state index is 0.410. The van der Waals surface area contributed by atoms with Crippen molar-refractivity contribution in [2.75, 3.05) is 0 Å². The van der Waals surface area contributed by atoms with Gasteiger partial charge in [0, 0.05) is 24.2 Å². The molecule has 2 rings (SSSR count). The number of carbonyl (C=O) groups excluding carboxylic acids is 1. The highest BCUT2D eigenvalue weighted by Gasteiger charge is 2.02. The van der Waals surface area contributed by atoms with Crippen LogP contribution in [0.2, 0.25) is 0 Å². The van der Waals surface area contributed by atoms with Gasteiger partial charge in [-0.2, -0.15) is 0 Å². The number of hydrogen-bond donors (Lipinski definition) is 1. The standard InChI is InChI=1S/C8H7N3O/c12-2-1-6-3-10-8-7(6)4-9-5-11-8/h2-5H,1H2,(H,9,10,11). The number of H-pyrrole nitrogens is 1. The number of fused-ring (bicyclic) bond motifs is 1. The van der Waals surface area contributed by atoms with Crippen molar-refractivity contribution in [1.82, 2.24) is 15.0 Å². The number of aromatic nitrogens is 3. The Bertz CT molecular complexity index is 407. The molecule has 0 aromatic carbocycles. The van der Waals surface area contributed by atoms with Crippen LogP contribution in [0.4, 0.5) is 0 Å². The molecule has 0 saturated carbocycles. The zero-order chi connectivity index (χ0) is 8.39. The van der Waals surface area contributed by atoms with Crippen LogP contribution in [0.5, 0.6) is 0 Å². The van der Waals surface area contributed by atoms with E-state index < -0.39 is 0 Å². The van der Waals surface area contributed by atoms with Gasteiger partial charge in [0.15, 0.2) is 0 Å². The van der Waals surface area contributed by atoms with Crippen LogP contribution in [0.15, 0.2) is 18.7 Å². The summed E-state index contributed by atoms with van der Waals surface area (Å²) in [5.74, 6) is 0. The Morgan fingerprint density at radius 2 is 2.50 bits per heavy atom. The summed E-state index contributed by atoms with van der Waals surface area (Å²) >= 11 is 0. The number of nitrogens with zero attached hydrogens (tertiary/aromatic N) is 2. The minimum Gasteiger partial charge on any atom is -0.346 e. The molecule has 0 bridgehead atoms. The van der Waals surface area contributed by atoms with E-state index in [9.17, 15) is 4.79 Å². The maximum atomic E-state index is 10.3. The summed E-state index contributed by atoms with van der Waals surface area (Å²) < 4.78 is 0. The topological polar surface area (TPSA) is 58.6 Å². The Labute approximate surface area is 68.7 Å². The molecule has 0 radical (unpaired) electrons. The van der Waals surface area contributed by atoms with Gasteiger partial charge < -0.3 is 9.78 Å². The van der Waals surface area contributed by atoms with Gasteiger partial charge in [-0.25, -0.2) is 9.97 Å². The maximum absolute atomic E-state index is 10.3. The normalized spacial score (nSPS) is 10.3. The number of aldehydes is 1. The Morgan fingerprint density at radius 1 is 1.58 bits per heavy atom. The van der Waals surface area contributed by atoms with Crippen molar-refractivity contribution >= 4 is 17.3 Å². The van der Waals surface area contributed by atoms with Crippen LogP contribution < -0.4 is 0 Å². The summed E-state index contributed by atoms with van der Waals surface area (Å²) in [7, 11) is 0. The second-order valence-corrected chi connectivity index (χ2v) is 2.47. The van der Waals surface area contributed by atoms with Crippen LogP contribution in [-0.4, -0.2) is 21.2 Å². The van der Waals surface area contributed by atoms with Gasteiger partial charge in [0.05, 0.1) is 0 Å². The van der Waals surface area contributed by atoms with E-state index in [4.69, 9.17) is 0 Å². The van der Waals surface area contributed by atoms with Crippen molar-refractivity contribution in [1.29, 1.82) is 0 Å². The lowest BCUT2D eigenvalue weighted by Crippen LogP contribution is -1.83. The van der Waals surface area contributed by atoms with E-state index in [1.54, 1.807) is 12.4 Å². The molecule has 0 saturated heterocycles. The molecule has 0 atom stereocenters. The van der Waals surface area contributed by atoms with Crippen LogP contribution in [0.25, 0.3) is 11.0 Å². The first-order valence-corrected chi connectivity index (χ1v) is 3.61. The zero-order valence-corrected chi connectivity index (χ0v) is 6.32. The first-order valence-electron chi connectivity index (χ1n) is 3.61. The van der Waals surface area contributed by atoms with Gasteiger partial charge >= 0.3 is 0 Å².